The first-order chi connectivity index (χ1) is 13.1. The van der Waals surface area contributed by atoms with Gasteiger partial charge in [-0.15, -0.1) is 0 Å². The lowest BCUT2D eigenvalue weighted by Gasteiger charge is -2.04. The Morgan fingerprint density at radius 2 is 1.96 bits per heavy atom. The molecule has 0 aliphatic carbocycles. The average molecular weight is 378 g/mol. The summed E-state index contributed by atoms with van der Waals surface area (Å²) < 4.78 is 12.3. The first kappa shape index (κ1) is 17.3. The summed E-state index contributed by atoms with van der Waals surface area (Å²) in [5.41, 5.74) is 3.15. The lowest BCUT2D eigenvalue weighted by Crippen LogP contribution is -2.10. The van der Waals surface area contributed by atoms with Crippen molar-refractivity contribution in [3.63, 3.8) is 0 Å². The highest BCUT2D eigenvalue weighted by molar-refractivity contribution is 7.22. The molecule has 4 rings (SSSR count). The van der Waals surface area contributed by atoms with Gasteiger partial charge in [-0.3, -0.25) is 10.1 Å². The van der Waals surface area contributed by atoms with E-state index in [4.69, 9.17) is 9.15 Å². The lowest BCUT2D eigenvalue weighted by molar-refractivity contribution is 0.0992. The van der Waals surface area contributed by atoms with Gasteiger partial charge in [-0.25, -0.2) is 4.98 Å². The highest BCUT2D eigenvalue weighted by atomic mass is 32.1. The summed E-state index contributed by atoms with van der Waals surface area (Å²) in [5.74, 6) is 1.25. The van der Waals surface area contributed by atoms with Crippen molar-refractivity contribution in [1.29, 1.82) is 0 Å². The number of hydrogen-bond donors (Lipinski definition) is 1. The van der Waals surface area contributed by atoms with Gasteiger partial charge in [0.05, 0.1) is 10.2 Å². The topological polar surface area (TPSA) is 64.4 Å². The predicted octanol–water partition coefficient (Wildman–Crippen LogP) is 5.34. The SMILES string of the molecule is Cc1cccc(OCc2ccc(C(=O)Nc3nc4ccc(C)cc4s3)o2)c1. The van der Waals surface area contributed by atoms with Crippen LogP contribution in [0.1, 0.15) is 27.4 Å². The fraction of sp³-hybridized carbons (Fsp3) is 0.143. The third kappa shape index (κ3) is 4.01. The summed E-state index contributed by atoms with van der Waals surface area (Å²) in [6.07, 6.45) is 0. The Hall–Kier alpha value is -3.12. The van der Waals surface area contributed by atoms with Gasteiger partial charge < -0.3 is 9.15 Å². The van der Waals surface area contributed by atoms with E-state index < -0.39 is 0 Å². The molecule has 0 bridgehead atoms. The molecular formula is C21H18N2O3S. The van der Waals surface area contributed by atoms with Crippen LogP contribution < -0.4 is 10.1 Å². The van der Waals surface area contributed by atoms with Gasteiger partial charge in [-0.1, -0.05) is 29.5 Å². The number of amides is 1. The third-order valence-corrected chi connectivity index (χ3v) is 4.95. The van der Waals surface area contributed by atoms with Crippen LogP contribution in [0.25, 0.3) is 10.2 Å². The molecule has 0 unspecified atom stereocenters. The summed E-state index contributed by atoms with van der Waals surface area (Å²) in [7, 11) is 0. The highest BCUT2D eigenvalue weighted by Crippen LogP contribution is 2.27. The van der Waals surface area contributed by atoms with Crippen LogP contribution in [-0.4, -0.2) is 10.9 Å². The number of thiazole rings is 1. The molecule has 0 aliphatic rings. The molecule has 0 atom stereocenters. The van der Waals surface area contributed by atoms with E-state index in [1.807, 2.05) is 50.2 Å². The van der Waals surface area contributed by atoms with Crippen LogP contribution in [-0.2, 0) is 6.61 Å². The number of aromatic nitrogens is 1. The molecule has 0 aliphatic heterocycles. The summed E-state index contributed by atoms with van der Waals surface area (Å²) in [6, 6.07) is 17.2. The molecule has 0 saturated carbocycles. The van der Waals surface area contributed by atoms with Crippen molar-refractivity contribution in [3.8, 4) is 5.75 Å². The quantitative estimate of drug-likeness (QED) is 0.509. The number of fused-ring (bicyclic) bond motifs is 1. The van der Waals surface area contributed by atoms with E-state index in [0.717, 1.165) is 27.1 Å². The Balaban J connectivity index is 1.41. The van der Waals surface area contributed by atoms with Crippen LogP contribution in [0.3, 0.4) is 0 Å². The smallest absolute Gasteiger partial charge is 0.293 e. The zero-order chi connectivity index (χ0) is 18.8. The van der Waals surface area contributed by atoms with Crippen LogP contribution in [0.4, 0.5) is 5.13 Å². The molecule has 4 aromatic rings. The molecule has 2 heterocycles. The minimum absolute atomic E-state index is 0.230. The van der Waals surface area contributed by atoms with Crippen LogP contribution in [0.15, 0.2) is 59.0 Å². The molecule has 5 nitrogen and oxygen atoms in total. The number of ether oxygens (including phenoxy) is 1. The minimum atomic E-state index is -0.326. The number of nitrogens with one attached hydrogen (secondary N) is 1. The maximum absolute atomic E-state index is 12.4. The second-order valence-electron chi connectivity index (χ2n) is 6.32. The van der Waals surface area contributed by atoms with Gasteiger partial charge in [0.2, 0.25) is 0 Å². The van der Waals surface area contributed by atoms with E-state index in [-0.39, 0.29) is 18.3 Å². The van der Waals surface area contributed by atoms with Gasteiger partial charge in [0.25, 0.3) is 5.91 Å². The standard InChI is InChI=1S/C21H18N2O3S/c1-13-4-3-5-15(10-13)25-12-16-7-9-18(26-16)20(24)23-21-22-17-8-6-14(2)11-19(17)27-21/h3-11H,12H2,1-2H3,(H,22,23,24). The Morgan fingerprint density at radius 3 is 2.81 bits per heavy atom. The molecule has 1 N–H and O–H groups in total. The Morgan fingerprint density at radius 1 is 1.11 bits per heavy atom. The molecule has 27 heavy (non-hydrogen) atoms. The number of carbonyl (C=O) groups is 1. The van der Waals surface area contributed by atoms with Gasteiger partial charge in [-0.2, -0.15) is 0 Å². The predicted molar refractivity (Wildman–Crippen MR) is 107 cm³/mol. The lowest BCUT2D eigenvalue weighted by atomic mass is 10.2. The normalized spacial score (nSPS) is 10.9. The summed E-state index contributed by atoms with van der Waals surface area (Å²) in [6.45, 7) is 4.29. The van der Waals surface area contributed by atoms with Gasteiger partial charge in [0, 0.05) is 0 Å². The van der Waals surface area contributed by atoms with Crippen molar-refractivity contribution < 1.29 is 13.9 Å². The number of furan rings is 1. The summed E-state index contributed by atoms with van der Waals surface area (Å²) in [4.78, 5) is 16.8. The van der Waals surface area contributed by atoms with E-state index in [2.05, 4.69) is 16.4 Å². The second-order valence-corrected chi connectivity index (χ2v) is 7.35. The number of rotatable bonds is 5. The molecule has 0 spiro atoms. The Kier molecular flexibility index (Phi) is 4.64. The number of anilines is 1. The fourth-order valence-corrected chi connectivity index (χ4v) is 3.64. The number of benzene rings is 2. The molecule has 0 radical (unpaired) electrons. The van der Waals surface area contributed by atoms with E-state index in [9.17, 15) is 4.79 Å². The summed E-state index contributed by atoms with van der Waals surface area (Å²) in [5, 5.41) is 3.35. The van der Waals surface area contributed by atoms with Gasteiger partial charge in [0.1, 0.15) is 18.1 Å². The monoisotopic (exact) mass is 378 g/mol. The van der Waals surface area contributed by atoms with E-state index >= 15 is 0 Å². The molecule has 1 amide bonds. The van der Waals surface area contributed by atoms with E-state index in [0.29, 0.717) is 10.9 Å². The second kappa shape index (κ2) is 7.25. The molecule has 2 aromatic heterocycles. The van der Waals surface area contributed by atoms with E-state index in [1.165, 1.54) is 11.3 Å². The van der Waals surface area contributed by atoms with Crippen LogP contribution >= 0.6 is 11.3 Å². The molecule has 2 aromatic carbocycles. The molecule has 0 saturated heterocycles. The first-order valence-electron chi connectivity index (χ1n) is 8.53. The van der Waals surface area contributed by atoms with Gasteiger partial charge in [0.15, 0.2) is 10.9 Å². The Labute approximate surface area is 160 Å². The molecule has 6 heteroatoms. The first-order valence-corrected chi connectivity index (χ1v) is 9.35. The average Bonchev–Trinajstić information content (AvgIpc) is 3.26. The Bertz CT molecular complexity index is 1110. The zero-order valence-corrected chi connectivity index (χ0v) is 15.8. The van der Waals surface area contributed by atoms with Crippen molar-refractivity contribution in [1.82, 2.24) is 4.98 Å². The molecular weight excluding hydrogens is 360 g/mol. The van der Waals surface area contributed by atoms with Crippen molar-refractivity contribution in [2.24, 2.45) is 0 Å². The van der Waals surface area contributed by atoms with Gasteiger partial charge >= 0.3 is 0 Å². The van der Waals surface area contributed by atoms with Crippen LogP contribution in [0.5, 0.6) is 5.75 Å². The fourth-order valence-electron chi connectivity index (χ4n) is 2.68. The number of nitrogens with zero attached hydrogens (tertiary/aromatic N) is 1. The molecule has 0 fully saturated rings. The van der Waals surface area contributed by atoms with Crippen molar-refractivity contribution in [2.45, 2.75) is 20.5 Å². The zero-order valence-electron chi connectivity index (χ0n) is 15.0. The van der Waals surface area contributed by atoms with Crippen LogP contribution in [0.2, 0.25) is 0 Å². The number of hydrogen-bond acceptors (Lipinski definition) is 5. The van der Waals surface area contributed by atoms with Crippen molar-refractivity contribution in [3.05, 3.63) is 77.2 Å². The largest absolute Gasteiger partial charge is 0.486 e. The number of carbonyl (C=O) groups excluding carboxylic acids is 1. The minimum Gasteiger partial charge on any atom is -0.486 e. The van der Waals surface area contributed by atoms with Crippen molar-refractivity contribution in [2.75, 3.05) is 5.32 Å². The maximum Gasteiger partial charge on any atom is 0.293 e. The van der Waals surface area contributed by atoms with Gasteiger partial charge in [-0.05, 0) is 61.4 Å². The maximum atomic E-state index is 12.4. The van der Waals surface area contributed by atoms with E-state index in [1.54, 1.807) is 12.1 Å². The molecule has 136 valence electrons. The summed E-state index contributed by atoms with van der Waals surface area (Å²) >= 11 is 1.44. The van der Waals surface area contributed by atoms with Crippen LogP contribution in [0, 0.1) is 13.8 Å². The highest BCUT2D eigenvalue weighted by Gasteiger charge is 2.14. The number of aryl methyl sites for hydroxylation is 2. The van der Waals surface area contributed by atoms with Crippen molar-refractivity contribution >= 4 is 32.6 Å². The third-order valence-electron chi connectivity index (χ3n) is 4.02.